The summed E-state index contributed by atoms with van der Waals surface area (Å²) in [5.74, 6) is 0.343. The summed E-state index contributed by atoms with van der Waals surface area (Å²) in [6, 6.07) is 1.72. The molecule has 1 aromatic heterocycles. The standard InChI is InChI=1S/C14H21N3O3S/c1-9(10-5-6-10)16-14(18)13-7-12(21(15,19)20)8-17(13)11-3-2-4-11/h7-11H,2-6H2,1H3,(H,16,18)(H2,15,19,20). The zero-order valence-electron chi connectivity index (χ0n) is 12.1. The fourth-order valence-corrected chi connectivity index (χ4v) is 3.29. The van der Waals surface area contributed by atoms with Crippen LogP contribution in [-0.2, 0) is 10.0 Å². The second-order valence-corrected chi connectivity index (χ2v) is 7.76. The molecule has 21 heavy (non-hydrogen) atoms. The van der Waals surface area contributed by atoms with Gasteiger partial charge in [-0.2, -0.15) is 0 Å². The normalized spacial score (nSPS) is 20.9. The first-order chi connectivity index (χ1) is 9.86. The Balaban J connectivity index is 1.87. The van der Waals surface area contributed by atoms with Gasteiger partial charge in [0.05, 0.1) is 0 Å². The van der Waals surface area contributed by atoms with Crippen LogP contribution in [0.3, 0.4) is 0 Å². The summed E-state index contributed by atoms with van der Waals surface area (Å²) in [5, 5.41) is 8.16. The minimum atomic E-state index is -3.79. The topological polar surface area (TPSA) is 94.2 Å². The summed E-state index contributed by atoms with van der Waals surface area (Å²) < 4.78 is 24.8. The Bertz CT molecular complexity index is 657. The minimum absolute atomic E-state index is 0.0126. The lowest BCUT2D eigenvalue weighted by atomic mass is 9.93. The monoisotopic (exact) mass is 311 g/mol. The second-order valence-electron chi connectivity index (χ2n) is 6.20. The van der Waals surface area contributed by atoms with Crippen molar-refractivity contribution in [3.05, 3.63) is 18.0 Å². The first-order valence-electron chi connectivity index (χ1n) is 7.42. The molecule has 3 rings (SSSR count). The summed E-state index contributed by atoms with van der Waals surface area (Å²) in [7, 11) is -3.79. The van der Waals surface area contributed by atoms with Crippen LogP contribution in [0, 0.1) is 5.92 Å². The molecule has 1 unspecified atom stereocenters. The molecule has 0 spiro atoms. The van der Waals surface area contributed by atoms with E-state index in [0.717, 1.165) is 32.1 Å². The molecule has 6 nitrogen and oxygen atoms in total. The van der Waals surface area contributed by atoms with Crippen molar-refractivity contribution in [3.8, 4) is 0 Å². The Labute approximate surface area is 124 Å². The lowest BCUT2D eigenvalue weighted by Crippen LogP contribution is -2.36. The molecular weight excluding hydrogens is 290 g/mol. The summed E-state index contributed by atoms with van der Waals surface area (Å²) in [5.41, 5.74) is 0.399. The molecule has 3 N–H and O–H groups in total. The zero-order valence-corrected chi connectivity index (χ0v) is 12.9. The molecule has 2 aliphatic rings. The number of hydrogen-bond acceptors (Lipinski definition) is 3. The van der Waals surface area contributed by atoms with E-state index in [9.17, 15) is 13.2 Å². The number of amides is 1. The highest BCUT2D eigenvalue weighted by Crippen LogP contribution is 2.35. The van der Waals surface area contributed by atoms with Crippen LogP contribution in [0.25, 0.3) is 0 Å². The van der Waals surface area contributed by atoms with Crippen molar-refractivity contribution >= 4 is 15.9 Å². The summed E-state index contributed by atoms with van der Waals surface area (Å²) in [6.07, 6.45) is 6.83. The highest BCUT2D eigenvalue weighted by atomic mass is 32.2. The van der Waals surface area contributed by atoms with Crippen LogP contribution in [0.5, 0.6) is 0 Å². The third-order valence-electron chi connectivity index (χ3n) is 4.54. The molecule has 2 aliphatic carbocycles. The van der Waals surface area contributed by atoms with E-state index in [4.69, 9.17) is 5.14 Å². The lowest BCUT2D eigenvalue weighted by molar-refractivity contribution is 0.0920. The Morgan fingerprint density at radius 1 is 1.38 bits per heavy atom. The fourth-order valence-electron chi connectivity index (χ4n) is 2.75. The molecule has 0 aromatic carbocycles. The average molecular weight is 311 g/mol. The van der Waals surface area contributed by atoms with Gasteiger partial charge in [-0.15, -0.1) is 0 Å². The minimum Gasteiger partial charge on any atom is -0.348 e. The number of carbonyl (C=O) groups excluding carboxylic acids is 1. The van der Waals surface area contributed by atoms with Gasteiger partial charge in [-0.1, -0.05) is 0 Å². The smallest absolute Gasteiger partial charge is 0.268 e. The molecule has 1 aromatic rings. The molecule has 2 fully saturated rings. The van der Waals surface area contributed by atoms with Crippen molar-refractivity contribution in [1.82, 2.24) is 9.88 Å². The number of nitrogens with one attached hydrogen (secondary N) is 1. The SMILES string of the molecule is CC(NC(=O)c1cc(S(N)(=O)=O)cn1C1CCC1)C1CC1. The van der Waals surface area contributed by atoms with Gasteiger partial charge in [-0.25, -0.2) is 13.6 Å². The quantitative estimate of drug-likeness (QED) is 0.860. The summed E-state index contributed by atoms with van der Waals surface area (Å²) in [4.78, 5) is 12.4. The van der Waals surface area contributed by atoms with Crippen molar-refractivity contribution in [3.63, 3.8) is 0 Å². The number of nitrogens with zero attached hydrogens (tertiary/aromatic N) is 1. The van der Waals surface area contributed by atoms with Gasteiger partial charge in [0.2, 0.25) is 10.0 Å². The number of rotatable bonds is 5. The summed E-state index contributed by atoms with van der Waals surface area (Å²) in [6.45, 7) is 1.99. The van der Waals surface area contributed by atoms with E-state index >= 15 is 0 Å². The highest BCUT2D eigenvalue weighted by molar-refractivity contribution is 7.89. The first kappa shape index (κ1) is 14.6. The fraction of sp³-hybridized carbons (Fsp3) is 0.643. The molecule has 0 aliphatic heterocycles. The van der Waals surface area contributed by atoms with Crippen molar-refractivity contribution < 1.29 is 13.2 Å². The van der Waals surface area contributed by atoms with Crippen LogP contribution in [0.1, 0.15) is 55.6 Å². The Morgan fingerprint density at radius 3 is 2.52 bits per heavy atom. The van der Waals surface area contributed by atoms with E-state index in [2.05, 4.69) is 5.32 Å². The molecule has 116 valence electrons. The maximum absolute atomic E-state index is 12.4. The van der Waals surface area contributed by atoms with Crippen LogP contribution in [-0.4, -0.2) is 24.9 Å². The summed E-state index contributed by atoms with van der Waals surface area (Å²) >= 11 is 0. The van der Waals surface area contributed by atoms with Gasteiger partial charge in [0.1, 0.15) is 10.6 Å². The van der Waals surface area contributed by atoms with E-state index in [-0.39, 0.29) is 22.9 Å². The van der Waals surface area contributed by atoms with E-state index in [0.29, 0.717) is 11.6 Å². The molecule has 7 heteroatoms. The molecule has 1 amide bonds. The van der Waals surface area contributed by atoms with Gasteiger partial charge in [0, 0.05) is 18.3 Å². The van der Waals surface area contributed by atoms with E-state index in [1.165, 1.54) is 12.3 Å². The van der Waals surface area contributed by atoms with Crippen LogP contribution >= 0.6 is 0 Å². The molecular formula is C14H21N3O3S. The van der Waals surface area contributed by atoms with E-state index in [1.807, 2.05) is 6.92 Å². The van der Waals surface area contributed by atoms with Crippen LogP contribution in [0.15, 0.2) is 17.2 Å². The van der Waals surface area contributed by atoms with Crippen molar-refractivity contribution in [1.29, 1.82) is 0 Å². The maximum Gasteiger partial charge on any atom is 0.268 e. The van der Waals surface area contributed by atoms with Gasteiger partial charge >= 0.3 is 0 Å². The van der Waals surface area contributed by atoms with Crippen LogP contribution in [0.2, 0.25) is 0 Å². The van der Waals surface area contributed by atoms with Gasteiger partial charge in [-0.05, 0) is 51.0 Å². The van der Waals surface area contributed by atoms with E-state index < -0.39 is 10.0 Å². The second kappa shape index (κ2) is 5.14. The van der Waals surface area contributed by atoms with Crippen LogP contribution in [0.4, 0.5) is 0 Å². The number of aromatic nitrogens is 1. The Hall–Kier alpha value is -1.34. The van der Waals surface area contributed by atoms with Gasteiger partial charge in [-0.3, -0.25) is 4.79 Å². The third kappa shape index (κ3) is 2.98. The number of nitrogens with two attached hydrogens (primary N) is 1. The Morgan fingerprint density at radius 2 is 2.05 bits per heavy atom. The highest BCUT2D eigenvalue weighted by Gasteiger charge is 2.31. The molecule has 0 radical (unpaired) electrons. The molecule has 2 saturated carbocycles. The predicted octanol–water partition coefficient (Wildman–Crippen LogP) is 1.39. The van der Waals surface area contributed by atoms with E-state index in [1.54, 1.807) is 4.57 Å². The molecule has 0 saturated heterocycles. The lowest BCUT2D eigenvalue weighted by Gasteiger charge is -2.29. The van der Waals surface area contributed by atoms with Gasteiger partial charge in [0.15, 0.2) is 0 Å². The third-order valence-corrected chi connectivity index (χ3v) is 5.42. The van der Waals surface area contributed by atoms with Gasteiger partial charge < -0.3 is 9.88 Å². The molecule has 0 bridgehead atoms. The van der Waals surface area contributed by atoms with Crippen LogP contribution < -0.4 is 10.5 Å². The van der Waals surface area contributed by atoms with Crippen molar-refractivity contribution in [2.45, 2.75) is 56.0 Å². The maximum atomic E-state index is 12.4. The largest absolute Gasteiger partial charge is 0.348 e. The molecule has 1 heterocycles. The molecule has 1 atom stereocenters. The number of sulfonamides is 1. The van der Waals surface area contributed by atoms with Crippen molar-refractivity contribution in [2.75, 3.05) is 0 Å². The van der Waals surface area contributed by atoms with Gasteiger partial charge in [0.25, 0.3) is 5.91 Å². The zero-order chi connectivity index (χ0) is 15.2. The number of carbonyl (C=O) groups is 1. The Kier molecular flexibility index (Phi) is 3.57. The average Bonchev–Trinajstić information content (AvgIpc) is 3.06. The van der Waals surface area contributed by atoms with Crippen molar-refractivity contribution in [2.24, 2.45) is 11.1 Å². The number of primary sulfonamides is 1. The first-order valence-corrected chi connectivity index (χ1v) is 8.96. The predicted molar refractivity (Wildman–Crippen MR) is 78.3 cm³/mol. The number of hydrogen-bond donors (Lipinski definition) is 2.